The van der Waals surface area contributed by atoms with Gasteiger partial charge in [0.25, 0.3) is 0 Å². The van der Waals surface area contributed by atoms with Crippen LogP contribution >= 0.6 is 12.2 Å². The summed E-state index contributed by atoms with van der Waals surface area (Å²) < 4.78 is 0. The molecule has 1 unspecified atom stereocenters. The second-order valence-electron chi connectivity index (χ2n) is 5.72. The molecule has 23 heavy (non-hydrogen) atoms. The summed E-state index contributed by atoms with van der Waals surface area (Å²) >= 11 is 5.24. The highest BCUT2D eigenvalue weighted by Gasteiger charge is 2.28. The van der Waals surface area contributed by atoms with Gasteiger partial charge in [0.1, 0.15) is 5.82 Å². The van der Waals surface area contributed by atoms with Gasteiger partial charge >= 0.3 is 0 Å². The molecule has 2 N–H and O–H groups in total. The van der Waals surface area contributed by atoms with Crippen LogP contribution in [0.1, 0.15) is 12.0 Å². The topological polar surface area (TPSA) is 58.3 Å². The van der Waals surface area contributed by atoms with Crippen molar-refractivity contribution in [3.63, 3.8) is 0 Å². The molecule has 2 aromatic rings. The molecule has 0 bridgehead atoms. The van der Waals surface area contributed by atoms with E-state index in [1.807, 2.05) is 12.3 Å². The predicted octanol–water partition coefficient (Wildman–Crippen LogP) is 1.84. The summed E-state index contributed by atoms with van der Waals surface area (Å²) in [7, 11) is 0. The van der Waals surface area contributed by atoms with Crippen molar-refractivity contribution in [3.8, 4) is 0 Å². The fraction of sp³-hybridized carbons (Fsp3) is 0.353. The average molecular weight is 327 g/mol. The van der Waals surface area contributed by atoms with Crippen LogP contribution in [0.2, 0.25) is 0 Å². The summed E-state index contributed by atoms with van der Waals surface area (Å²) in [6, 6.07) is 10.8. The van der Waals surface area contributed by atoms with Crippen LogP contribution in [0.5, 0.6) is 0 Å². The summed E-state index contributed by atoms with van der Waals surface area (Å²) in [4.78, 5) is 13.0. The Morgan fingerprint density at radius 2 is 2.04 bits per heavy atom. The molecule has 0 aliphatic carbocycles. The normalized spacial score (nSPS) is 18.0. The Morgan fingerprint density at radius 3 is 2.74 bits per heavy atom. The SMILES string of the molecule is NC(=S)N1CCN(c2cnccn2)CC1CCc1ccccc1. The summed E-state index contributed by atoms with van der Waals surface area (Å²) in [5.41, 5.74) is 7.26. The van der Waals surface area contributed by atoms with Crippen LogP contribution < -0.4 is 10.6 Å². The highest BCUT2D eigenvalue weighted by atomic mass is 32.1. The first-order chi connectivity index (χ1) is 11.2. The first kappa shape index (κ1) is 15.7. The monoisotopic (exact) mass is 327 g/mol. The number of aromatic nitrogens is 2. The van der Waals surface area contributed by atoms with E-state index in [9.17, 15) is 0 Å². The van der Waals surface area contributed by atoms with Gasteiger partial charge in [-0.15, -0.1) is 0 Å². The molecule has 2 heterocycles. The minimum Gasteiger partial charge on any atom is -0.376 e. The number of anilines is 1. The van der Waals surface area contributed by atoms with Gasteiger partial charge in [-0.2, -0.15) is 0 Å². The number of benzene rings is 1. The van der Waals surface area contributed by atoms with Gasteiger partial charge in [-0.05, 0) is 30.6 Å². The molecule has 1 aliphatic heterocycles. The predicted molar refractivity (Wildman–Crippen MR) is 96.3 cm³/mol. The van der Waals surface area contributed by atoms with Crippen molar-refractivity contribution in [2.75, 3.05) is 24.5 Å². The number of aryl methyl sites for hydroxylation is 1. The zero-order valence-electron chi connectivity index (χ0n) is 13.0. The smallest absolute Gasteiger partial charge is 0.166 e. The third-order valence-corrected chi connectivity index (χ3v) is 4.48. The summed E-state index contributed by atoms with van der Waals surface area (Å²) in [5, 5.41) is 0.488. The number of hydrogen-bond donors (Lipinski definition) is 1. The maximum Gasteiger partial charge on any atom is 0.166 e. The van der Waals surface area contributed by atoms with Crippen molar-refractivity contribution in [2.45, 2.75) is 18.9 Å². The number of rotatable bonds is 4. The molecule has 1 saturated heterocycles. The van der Waals surface area contributed by atoms with Crippen molar-refractivity contribution in [1.82, 2.24) is 14.9 Å². The number of thiocarbonyl (C=S) groups is 1. The van der Waals surface area contributed by atoms with Gasteiger partial charge in [-0.1, -0.05) is 30.3 Å². The fourth-order valence-electron chi connectivity index (χ4n) is 3.03. The molecule has 0 saturated carbocycles. The quantitative estimate of drug-likeness (QED) is 0.865. The van der Waals surface area contributed by atoms with Crippen LogP contribution in [0.15, 0.2) is 48.9 Å². The molecule has 6 heteroatoms. The van der Waals surface area contributed by atoms with Crippen molar-refractivity contribution < 1.29 is 0 Å². The Bertz CT molecular complexity index is 634. The molecular weight excluding hydrogens is 306 g/mol. The van der Waals surface area contributed by atoms with Crippen LogP contribution in [0, 0.1) is 0 Å². The average Bonchev–Trinajstić information content (AvgIpc) is 2.61. The second kappa shape index (κ2) is 7.37. The first-order valence-corrected chi connectivity index (χ1v) is 8.26. The molecule has 3 rings (SSSR count). The van der Waals surface area contributed by atoms with Crippen molar-refractivity contribution >= 4 is 23.1 Å². The molecular formula is C17H21N5S. The zero-order chi connectivity index (χ0) is 16.1. The molecule has 120 valence electrons. The molecule has 1 aromatic carbocycles. The molecule has 1 aromatic heterocycles. The lowest BCUT2D eigenvalue weighted by atomic mass is 10.0. The number of nitrogens with zero attached hydrogens (tertiary/aromatic N) is 4. The minimum atomic E-state index is 0.295. The van der Waals surface area contributed by atoms with E-state index in [2.05, 4.69) is 44.0 Å². The van der Waals surface area contributed by atoms with Gasteiger partial charge in [0, 0.05) is 38.1 Å². The van der Waals surface area contributed by atoms with E-state index in [0.29, 0.717) is 11.2 Å². The summed E-state index contributed by atoms with van der Waals surface area (Å²) in [5.74, 6) is 0.916. The molecule has 1 aliphatic rings. The lowest BCUT2D eigenvalue weighted by Gasteiger charge is -2.42. The lowest BCUT2D eigenvalue weighted by molar-refractivity contribution is 0.268. The maximum atomic E-state index is 5.92. The number of hydrogen-bond acceptors (Lipinski definition) is 4. The molecule has 5 nitrogen and oxygen atoms in total. The van der Waals surface area contributed by atoms with E-state index >= 15 is 0 Å². The van der Waals surface area contributed by atoms with Gasteiger partial charge in [-0.3, -0.25) is 4.98 Å². The number of piperazine rings is 1. The molecule has 1 atom stereocenters. The van der Waals surface area contributed by atoms with Crippen LogP contribution in [0.3, 0.4) is 0 Å². The van der Waals surface area contributed by atoms with Crippen LogP contribution in [0.4, 0.5) is 5.82 Å². The van der Waals surface area contributed by atoms with E-state index in [1.165, 1.54) is 5.56 Å². The van der Waals surface area contributed by atoms with Crippen LogP contribution in [-0.4, -0.2) is 45.7 Å². The summed E-state index contributed by atoms with van der Waals surface area (Å²) in [6.07, 6.45) is 7.26. The highest BCUT2D eigenvalue weighted by molar-refractivity contribution is 7.80. The van der Waals surface area contributed by atoms with Gasteiger partial charge in [-0.25, -0.2) is 4.98 Å². The second-order valence-corrected chi connectivity index (χ2v) is 6.14. The van der Waals surface area contributed by atoms with Gasteiger partial charge in [0.15, 0.2) is 5.11 Å². The largest absolute Gasteiger partial charge is 0.376 e. The molecule has 1 fully saturated rings. The fourth-order valence-corrected chi connectivity index (χ4v) is 3.27. The van der Waals surface area contributed by atoms with Crippen molar-refractivity contribution in [2.24, 2.45) is 5.73 Å². The maximum absolute atomic E-state index is 5.92. The minimum absolute atomic E-state index is 0.295. The van der Waals surface area contributed by atoms with Crippen LogP contribution in [-0.2, 0) is 6.42 Å². The standard InChI is InChI=1S/C17H21N5S/c18-17(23)22-11-10-21(16-12-19-8-9-20-16)13-15(22)7-6-14-4-2-1-3-5-14/h1-5,8-9,12,15H,6-7,10-11,13H2,(H2,18,23). The summed E-state index contributed by atoms with van der Waals surface area (Å²) in [6.45, 7) is 2.55. The molecule has 0 radical (unpaired) electrons. The zero-order valence-corrected chi connectivity index (χ0v) is 13.8. The van der Waals surface area contributed by atoms with Gasteiger partial charge in [0.05, 0.1) is 6.20 Å². The van der Waals surface area contributed by atoms with E-state index in [0.717, 1.165) is 38.3 Å². The third-order valence-electron chi connectivity index (χ3n) is 4.25. The Morgan fingerprint density at radius 1 is 1.22 bits per heavy atom. The Kier molecular flexibility index (Phi) is 5.02. The Labute approximate surface area is 142 Å². The van der Waals surface area contributed by atoms with Gasteiger partial charge in [0.2, 0.25) is 0 Å². The van der Waals surface area contributed by atoms with Crippen molar-refractivity contribution in [1.29, 1.82) is 0 Å². The van der Waals surface area contributed by atoms with Crippen LogP contribution in [0.25, 0.3) is 0 Å². The number of nitrogens with two attached hydrogens (primary N) is 1. The van der Waals surface area contributed by atoms with E-state index in [4.69, 9.17) is 18.0 Å². The highest BCUT2D eigenvalue weighted by Crippen LogP contribution is 2.19. The molecule has 0 amide bonds. The lowest BCUT2D eigenvalue weighted by Crippen LogP contribution is -2.57. The molecule has 0 spiro atoms. The Hall–Kier alpha value is -2.21. The first-order valence-electron chi connectivity index (χ1n) is 7.85. The van der Waals surface area contributed by atoms with E-state index in [-0.39, 0.29) is 0 Å². The van der Waals surface area contributed by atoms with E-state index in [1.54, 1.807) is 12.4 Å². The van der Waals surface area contributed by atoms with Crippen molar-refractivity contribution in [3.05, 3.63) is 54.5 Å². The third kappa shape index (κ3) is 3.96. The van der Waals surface area contributed by atoms with Gasteiger partial charge < -0.3 is 15.5 Å². The van der Waals surface area contributed by atoms with E-state index < -0.39 is 0 Å². The Balaban J connectivity index is 1.69.